The third-order valence-electron chi connectivity index (χ3n) is 3.73. The van der Waals surface area contributed by atoms with E-state index in [1.807, 2.05) is 0 Å². The van der Waals surface area contributed by atoms with Crippen molar-refractivity contribution >= 4 is 28.9 Å². The summed E-state index contributed by atoms with van der Waals surface area (Å²) in [5, 5.41) is 21.1. The van der Waals surface area contributed by atoms with Gasteiger partial charge in [0.15, 0.2) is 12.4 Å². The summed E-state index contributed by atoms with van der Waals surface area (Å²) in [4.78, 5) is 22.4. The predicted molar refractivity (Wildman–Crippen MR) is 103 cm³/mol. The lowest BCUT2D eigenvalue weighted by molar-refractivity contribution is -0.384. The second kappa shape index (κ2) is 9.65. The summed E-state index contributed by atoms with van der Waals surface area (Å²) in [6.07, 6.45) is -0.449. The molecule has 11 nitrogen and oxygen atoms in total. The van der Waals surface area contributed by atoms with Crippen LogP contribution in [0.25, 0.3) is 0 Å². The average Bonchev–Trinajstić information content (AvgIpc) is 3.35. The van der Waals surface area contributed by atoms with Gasteiger partial charge in [-0.25, -0.2) is 9.36 Å². The number of nitrogens with one attached hydrogen (secondary N) is 1. The Hall–Kier alpha value is -3.65. The van der Waals surface area contributed by atoms with Crippen molar-refractivity contribution in [2.24, 2.45) is 0 Å². The minimum Gasteiger partial charge on any atom is -0.470 e. The Bertz CT molecular complexity index is 1120. The summed E-state index contributed by atoms with van der Waals surface area (Å²) in [6.45, 7) is -1.98. The highest BCUT2D eigenvalue weighted by Gasteiger charge is 2.27. The van der Waals surface area contributed by atoms with Crippen molar-refractivity contribution in [1.82, 2.24) is 19.6 Å². The third kappa shape index (κ3) is 6.42. The molecule has 0 saturated carbocycles. The highest BCUT2D eigenvalue weighted by atomic mass is 35.5. The Labute approximate surface area is 182 Å². The molecule has 0 atom stereocenters. The monoisotopic (exact) mass is 474 g/mol. The highest BCUT2D eigenvalue weighted by molar-refractivity contribution is 6.32. The number of hydrogen-bond acceptors (Lipinski definition) is 7. The van der Waals surface area contributed by atoms with Gasteiger partial charge in [-0.3, -0.25) is 14.9 Å². The Balaban J connectivity index is 1.52. The van der Waals surface area contributed by atoms with Crippen molar-refractivity contribution in [3.63, 3.8) is 0 Å². The van der Waals surface area contributed by atoms with Crippen LogP contribution < -0.4 is 10.1 Å². The van der Waals surface area contributed by atoms with Gasteiger partial charge in [0.2, 0.25) is 0 Å². The number of anilines is 1. The maximum Gasteiger partial charge on any atom is 0.411 e. The zero-order chi connectivity index (χ0) is 23.3. The standard InChI is InChI=1S/C17H14ClF3N6O5/c18-13-5-12(27(29)30)1-2-15(13)32-10-25-4-3-14(24-25)16(28)23-11-6-22-26(7-11)9-31-8-17(19,20)21/h1-7H,8-10H2,(H,23,28). The smallest absolute Gasteiger partial charge is 0.411 e. The fourth-order valence-corrected chi connectivity index (χ4v) is 2.59. The first-order valence-corrected chi connectivity index (χ1v) is 9.07. The number of amides is 1. The van der Waals surface area contributed by atoms with Crippen molar-refractivity contribution < 1.29 is 32.4 Å². The number of carbonyl (C=O) groups is 1. The van der Waals surface area contributed by atoms with Crippen molar-refractivity contribution in [3.05, 3.63) is 63.7 Å². The maximum atomic E-state index is 12.3. The van der Waals surface area contributed by atoms with Gasteiger partial charge in [0, 0.05) is 18.3 Å². The number of carbonyl (C=O) groups excluding carboxylic acids is 1. The molecular formula is C17H14ClF3N6O5. The Morgan fingerprint density at radius 2 is 2.03 bits per heavy atom. The van der Waals surface area contributed by atoms with Crippen LogP contribution in [0.4, 0.5) is 24.5 Å². The van der Waals surface area contributed by atoms with E-state index < -0.39 is 30.3 Å². The lowest BCUT2D eigenvalue weighted by atomic mass is 10.3. The number of hydrogen-bond donors (Lipinski definition) is 1. The normalized spacial score (nSPS) is 11.4. The molecule has 15 heteroatoms. The Morgan fingerprint density at radius 3 is 2.72 bits per heavy atom. The van der Waals surface area contributed by atoms with E-state index in [9.17, 15) is 28.1 Å². The van der Waals surface area contributed by atoms with Gasteiger partial charge in [-0.05, 0) is 12.1 Å². The molecule has 3 aromatic rings. The minimum atomic E-state index is -4.45. The summed E-state index contributed by atoms with van der Waals surface area (Å²) in [5.74, 6) is -0.396. The highest BCUT2D eigenvalue weighted by Crippen LogP contribution is 2.28. The van der Waals surface area contributed by atoms with Crippen LogP contribution in [0.3, 0.4) is 0 Å². The second-order valence-electron chi connectivity index (χ2n) is 6.20. The number of halogens is 4. The Kier molecular flexibility index (Phi) is 6.95. The summed E-state index contributed by atoms with van der Waals surface area (Å²) in [5.41, 5.74) is 0.0779. The first-order chi connectivity index (χ1) is 15.1. The molecule has 0 aliphatic rings. The first kappa shape index (κ1) is 23.0. The van der Waals surface area contributed by atoms with Gasteiger partial charge in [-0.2, -0.15) is 23.4 Å². The molecule has 0 bridgehead atoms. The number of rotatable bonds is 9. The molecule has 32 heavy (non-hydrogen) atoms. The molecule has 170 valence electrons. The van der Waals surface area contributed by atoms with Gasteiger partial charge < -0.3 is 14.8 Å². The maximum absolute atomic E-state index is 12.3. The van der Waals surface area contributed by atoms with Gasteiger partial charge in [0.05, 0.1) is 28.0 Å². The lowest BCUT2D eigenvalue weighted by Crippen LogP contribution is -2.18. The van der Waals surface area contributed by atoms with Gasteiger partial charge in [-0.15, -0.1) is 0 Å². The fraction of sp³-hybridized carbons (Fsp3) is 0.235. The number of nitro groups is 1. The summed E-state index contributed by atoms with van der Waals surface area (Å²) < 4.78 is 48.5. The number of nitro benzene ring substituents is 1. The van der Waals surface area contributed by atoms with E-state index in [1.54, 1.807) is 0 Å². The molecule has 1 N–H and O–H groups in total. The van der Waals surface area contributed by atoms with Crippen LogP contribution in [-0.4, -0.2) is 43.2 Å². The molecule has 0 unspecified atom stereocenters. The van der Waals surface area contributed by atoms with E-state index in [4.69, 9.17) is 16.3 Å². The van der Waals surface area contributed by atoms with E-state index in [0.717, 1.165) is 10.7 Å². The average molecular weight is 475 g/mol. The van der Waals surface area contributed by atoms with E-state index in [-0.39, 0.29) is 34.6 Å². The number of benzene rings is 1. The van der Waals surface area contributed by atoms with Gasteiger partial charge >= 0.3 is 6.18 Å². The molecule has 0 saturated heterocycles. The summed E-state index contributed by atoms with van der Waals surface area (Å²) in [6, 6.07) is 5.13. The molecule has 2 heterocycles. The zero-order valence-electron chi connectivity index (χ0n) is 16.0. The van der Waals surface area contributed by atoms with E-state index in [2.05, 4.69) is 20.3 Å². The number of aromatic nitrogens is 4. The van der Waals surface area contributed by atoms with Gasteiger partial charge in [0.25, 0.3) is 11.6 Å². The van der Waals surface area contributed by atoms with Crippen molar-refractivity contribution in [2.75, 3.05) is 11.9 Å². The molecule has 0 radical (unpaired) electrons. The SMILES string of the molecule is O=C(Nc1cnn(COCC(F)(F)F)c1)c1ccn(COc2ccc([N+](=O)[O-])cc2Cl)n1. The molecular weight excluding hydrogens is 461 g/mol. The molecule has 1 amide bonds. The molecule has 0 fully saturated rings. The van der Waals surface area contributed by atoms with Crippen molar-refractivity contribution in [2.45, 2.75) is 19.6 Å². The van der Waals surface area contributed by atoms with Crippen molar-refractivity contribution in [1.29, 1.82) is 0 Å². The predicted octanol–water partition coefficient (Wildman–Crippen LogP) is 3.47. The summed E-state index contributed by atoms with van der Waals surface area (Å²) in [7, 11) is 0. The van der Waals surface area contributed by atoms with Crippen LogP contribution in [-0.2, 0) is 18.2 Å². The lowest BCUT2D eigenvalue weighted by Gasteiger charge is -2.07. The third-order valence-corrected chi connectivity index (χ3v) is 4.03. The van der Waals surface area contributed by atoms with Crippen LogP contribution in [0.2, 0.25) is 5.02 Å². The van der Waals surface area contributed by atoms with Crippen LogP contribution in [0.15, 0.2) is 42.9 Å². The topological polar surface area (TPSA) is 126 Å². The second-order valence-corrected chi connectivity index (χ2v) is 6.61. The van der Waals surface area contributed by atoms with Crippen LogP contribution >= 0.6 is 11.6 Å². The van der Waals surface area contributed by atoms with Gasteiger partial charge in [0.1, 0.15) is 19.1 Å². The zero-order valence-corrected chi connectivity index (χ0v) is 16.7. The minimum absolute atomic E-state index is 0.0319. The molecule has 0 aliphatic heterocycles. The largest absolute Gasteiger partial charge is 0.470 e. The molecule has 2 aromatic heterocycles. The number of nitrogens with zero attached hydrogens (tertiary/aromatic N) is 5. The van der Waals surface area contributed by atoms with E-state index in [1.165, 1.54) is 41.5 Å². The quantitative estimate of drug-likeness (QED) is 0.371. The van der Waals surface area contributed by atoms with Crippen LogP contribution in [0, 0.1) is 10.1 Å². The number of alkyl halides is 3. The molecule has 0 spiro atoms. The molecule has 3 rings (SSSR count). The van der Waals surface area contributed by atoms with Crippen LogP contribution in [0.5, 0.6) is 5.75 Å². The Morgan fingerprint density at radius 1 is 1.25 bits per heavy atom. The summed E-state index contributed by atoms with van der Waals surface area (Å²) >= 11 is 5.95. The van der Waals surface area contributed by atoms with E-state index in [0.29, 0.717) is 0 Å². The fourth-order valence-electron chi connectivity index (χ4n) is 2.36. The molecule has 0 aliphatic carbocycles. The number of non-ortho nitro benzene ring substituents is 1. The van der Waals surface area contributed by atoms with Gasteiger partial charge in [-0.1, -0.05) is 11.6 Å². The van der Waals surface area contributed by atoms with Crippen LogP contribution in [0.1, 0.15) is 10.5 Å². The molecule has 1 aromatic carbocycles. The van der Waals surface area contributed by atoms with E-state index >= 15 is 0 Å². The number of ether oxygens (including phenoxy) is 2. The van der Waals surface area contributed by atoms with Crippen molar-refractivity contribution in [3.8, 4) is 5.75 Å². The first-order valence-electron chi connectivity index (χ1n) is 8.69.